The Morgan fingerprint density at radius 2 is 2.18 bits per heavy atom. The lowest BCUT2D eigenvalue weighted by atomic mass is 10.0. The summed E-state index contributed by atoms with van der Waals surface area (Å²) < 4.78 is 5.02. The van der Waals surface area contributed by atoms with E-state index >= 15 is 0 Å². The van der Waals surface area contributed by atoms with Crippen LogP contribution in [0.2, 0.25) is 0 Å². The largest absolute Gasteiger partial charge is 0.385 e. The Balaban J connectivity index is 1.70. The van der Waals surface area contributed by atoms with Crippen molar-refractivity contribution in [2.45, 2.75) is 50.6 Å². The van der Waals surface area contributed by atoms with Crippen LogP contribution in [0.15, 0.2) is 0 Å². The molecule has 0 aromatic heterocycles. The van der Waals surface area contributed by atoms with Gasteiger partial charge in [0.2, 0.25) is 5.91 Å². The van der Waals surface area contributed by atoms with E-state index in [4.69, 9.17) is 4.74 Å². The van der Waals surface area contributed by atoms with Crippen molar-refractivity contribution >= 4 is 5.91 Å². The molecule has 4 heteroatoms. The number of methoxy groups -OCH3 is 1. The van der Waals surface area contributed by atoms with Crippen molar-refractivity contribution in [1.82, 2.24) is 10.2 Å². The minimum Gasteiger partial charge on any atom is -0.385 e. The van der Waals surface area contributed by atoms with Crippen molar-refractivity contribution < 1.29 is 9.53 Å². The summed E-state index contributed by atoms with van der Waals surface area (Å²) in [4.78, 5) is 14.2. The Kier molecular flexibility index (Phi) is 4.80. The highest BCUT2D eigenvalue weighted by Gasteiger charge is 2.32. The van der Waals surface area contributed by atoms with E-state index in [2.05, 4.69) is 5.32 Å². The Bertz CT molecular complexity index is 254. The predicted molar refractivity (Wildman–Crippen MR) is 66.9 cm³/mol. The van der Waals surface area contributed by atoms with Gasteiger partial charge in [0.1, 0.15) is 0 Å². The minimum atomic E-state index is 0.0960. The second-order valence-electron chi connectivity index (χ2n) is 5.16. The smallest absolute Gasteiger partial charge is 0.239 e. The molecule has 1 saturated carbocycles. The van der Waals surface area contributed by atoms with Gasteiger partial charge in [-0.25, -0.2) is 0 Å². The van der Waals surface area contributed by atoms with Crippen molar-refractivity contribution in [3.05, 3.63) is 0 Å². The van der Waals surface area contributed by atoms with Gasteiger partial charge < -0.3 is 15.0 Å². The number of hydrogen-bond donors (Lipinski definition) is 1. The summed E-state index contributed by atoms with van der Waals surface area (Å²) in [5.41, 5.74) is 0. The van der Waals surface area contributed by atoms with Crippen molar-refractivity contribution in [2.75, 3.05) is 26.8 Å². The molecule has 1 atom stereocenters. The molecule has 1 aliphatic heterocycles. The number of piperidine rings is 1. The van der Waals surface area contributed by atoms with Gasteiger partial charge >= 0.3 is 0 Å². The topological polar surface area (TPSA) is 41.6 Å². The van der Waals surface area contributed by atoms with Gasteiger partial charge in [0, 0.05) is 32.8 Å². The van der Waals surface area contributed by atoms with Gasteiger partial charge in [-0.05, 0) is 38.5 Å². The Hall–Kier alpha value is -0.610. The van der Waals surface area contributed by atoms with E-state index in [0.29, 0.717) is 11.9 Å². The first-order valence-electron chi connectivity index (χ1n) is 6.85. The first kappa shape index (κ1) is 12.8. The fourth-order valence-corrected chi connectivity index (χ4v) is 2.40. The lowest BCUT2D eigenvalue weighted by Gasteiger charge is -2.32. The Labute approximate surface area is 104 Å². The highest BCUT2D eigenvalue weighted by Crippen LogP contribution is 2.22. The number of unbranched alkanes of at least 4 members (excludes halogenated alkanes) is 1. The number of carbonyl (C=O) groups excluding carboxylic acids is 1. The maximum Gasteiger partial charge on any atom is 0.239 e. The molecule has 1 aliphatic carbocycles. The molecule has 17 heavy (non-hydrogen) atoms. The Morgan fingerprint density at radius 1 is 1.35 bits per heavy atom. The van der Waals surface area contributed by atoms with Gasteiger partial charge in [-0.15, -0.1) is 0 Å². The van der Waals surface area contributed by atoms with Gasteiger partial charge in [-0.1, -0.05) is 0 Å². The van der Waals surface area contributed by atoms with E-state index < -0.39 is 0 Å². The molecule has 1 heterocycles. The molecule has 98 valence electrons. The zero-order valence-electron chi connectivity index (χ0n) is 10.8. The molecular weight excluding hydrogens is 216 g/mol. The van der Waals surface area contributed by atoms with E-state index in [9.17, 15) is 4.79 Å². The van der Waals surface area contributed by atoms with Gasteiger partial charge in [-0.2, -0.15) is 0 Å². The maximum absolute atomic E-state index is 12.2. The quantitative estimate of drug-likeness (QED) is 0.679. The van der Waals surface area contributed by atoms with Crippen LogP contribution >= 0.6 is 0 Å². The fourth-order valence-electron chi connectivity index (χ4n) is 2.40. The number of nitrogens with zero attached hydrogens (tertiary/aromatic N) is 1. The zero-order chi connectivity index (χ0) is 12.1. The van der Waals surface area contributed by atoms with Crippen LogP contribution in [0, 0.1) is 0 Å². The van der Waals surface area contributed by atoms with E-state index in [1.807, 2.05) is 4.90 Å². The van der Waals surface area contributed by atoms with Crippen LogP contribution in [0.4, 0.5) is 0 Å². The van der Waals surface area contributed by atoms with Crippen molar-refractivity contribution in [3.8, 4) is 0 Å². The van der Waals surface area contributed by atoms with Gasteiger partial charge in [0.05, 0.1) is 6.04 Å². The lowest BCUT2D eigenvalue weighted by Crippen LogP contribution is -2.51. The Morgan fingerprint density at radius 3 is 2.88 bits per heavy atom. The molecule has 0 bridgehead atoms. The number of likely N-dealkylation sites (tertiary alicyclic amines) is 1. The van der Waals surface area contributed by atoms with E-state index in [-0.39, 0.29) is 6.04 Å². The average molecular weight is 240 g/mol. The van der Waals surface area contributed by atoms with Crippen molar-refractivity contribution in [3.63, 3.8) is 0 Å². The van der Waals surface area contributed by atoms with Crippen LogP contribution in [0.25, 0.3) is 0 Å². The van der Waals surface area contributed by atoms with Gasteiger partial charge in [0.25, 0.3) is 0 Å². The van der Waals surface area contributed by atoms with E-state index in [1.54, 1.807) is 7.11 Å². The third-order valence-corrected chi connectivity index (χ3v) is 3.57. The SMILES string of the molecule is COCCCCN1CCCC(NC2CC2)C1=O. The monoisotopic (exact) mass is 240 g/mol. The number of hydrogen-bond acceptors (Lipinski definition) is 3. The van der Waals surface area contributed by atoms with Crippen LogP contribution < -0.4 is 5.32 Å². The zero-order valence-corrected chi connectivity index (χ0v) is 10.8. The van der Waals surface area contributed by atoms with Crippen LogP contribution in [0.1, 0.15) is 38.5 Å². The number of amides is 1. The fraction of sp³-hybridized carbons (Fsp3) is 0.923. The molecule has 1 unspecified atom stereocenters. The first-order valence-corrected chi connectivity index (χ1v) is 6.85. The van der Waals surface area contributed by atoms with Gasteiger partial charge in [-0.3, -0.25) is 4.79 Å². The molecule has 0 aromatic rings. The predicted octanol–water partition coefficient (Wildman–Crippen LogP) is 1.16. The molecule has 1 amide bonds. The summed E-state index contributed by atoms with van der Waals surface area (Å²) >= 11 is 0. The second kappa shape index (κ2) is 6.36. The molecule has 1 saturated heterocycles. The molecule has 2 aliphatic rings. The number of rotatable bonds is 7. The molecule has 1 N–H and O–H groups in total. The van der Waals surface area contributed by atoms with E-state index in [1.165, 1.54) is 12.8 Å². The number of ether oxygens (including phenoxy) is 1. The van der Waals surface area contributed by atoms with Crippen molar-refractivity contribution in [2.24, 2.45) is 0 Å². The van der Waals surface area contributed by atoms with Gasteiger partial charge in [0.15, 0.2) is 0 Å². The number of carbonyl (C=O) groups is 1. The van der Waals surface area contributed by atoms with Crippen LogP contribution in [0.5, 0.6) is 0 Å². The van der Waals surface area contributed by atoms with Crippen molar-refractivity contribution in [1.29, 1.82) is 0 Å². The highest BCUT2D eigenvalue weighted by atomic mass is 16.5. The summed E-state index contributed by atoms with van der Waals surface area (Å²) in [6.45, 7) is 2.63. The average Bonchev–Trinajstić information content (AvgIpc) is 3.13. The summed E-state index contributed by atoms with van der Waals surface area (Å²) in [6.07, 6.45) is 6.75. The number of nitrogens with one attached hydrogen (secondary N) is 1. The normalized spacial score (nSPS) is 25.4. The lowest BCUT2D eigenvalue weighted by molar-refractivity contribution is -0.136. The van der Waals surface area contributed by atoms with Crippen LogP contribution in [-0.4, -0.2) is 49.7 Å². The molecule has 2 fully saturated rings. The molecule has 2 rings (SSSR count). The maximum atomic E-state index is 12.2. The summed E-state index contributed by atoms with van der Waals surface area (Å²) in [5, 5.41) is 3.46. The summed E-state index contributed by atoms with van der Waals surface area (Å²) in [6, 6.07) is 0.719. The van der Waals surface area contributed by atoms with Crippen LogP contribution in [-0.2, 0) is 9.53 Å². The molecule has 0 aromatic carbocycles. The molecule has 0 radical (unpaired) electrons. The third-order valence-electron chi connectivity index (χ3n) is 3.57. The van der Waals surface area contributed by atoms with E-state index in [0.717, 1.165) is 45.4 Å². The minimum absolute atomic E-state index is 0.0960. The highest BCUT2D eigenvalue weighted by molar-refractivity contribution is 5.82. The molecular formula is C13H24N2O2. The molecule has 0 spiro atoms. The summed E-state index contributed by atoms with van der Waals surface area (Å²) in [5.74, 6) is 0.320. The summed E-state index contributed by atoms with van der Waals surface area (Å²) in [7, 11) is 1.72. The third kappa shape index (κ3) is 3.96. The molecule has 4 nitrogen and oxygen atoms in total. The standard InChI is InChI=1S/C13H24N2O2/c1-17-10-3-2-8-15-9-4-5-12(13(15)16)14-11-6-7-11/h11-12,14H,2-10H2,1H3. The second-order valence-corrected chi connectivity index (χ2v) is 5.16. The van der Waals surface area contributed by atoms with Crippen LogP contribution in [0.3, 0.4) is 0 Å². The first-order chi connectivity index (χ1) is 8.31.